The Morgan fingerprint density at radius 1 is 1.53 bits per heavy atom. The van der Waals surface area contributed by atoms with E-state index in [0.717, 1.165) is 25.9 Å². The summed E-state index contributed by atoms with van der Waals surface area (Å²) in [7, 11) is 0. The highest BCUT2D eigenvalue weighted by Crippen LogP contribution is 2.14. The topological polar surface area (TPSA) is 73.9 Å². The fourth-order valence-electron chi connectivity index (χ4n) is 2.20. The molecule has 2 N–H and O–H groups in total. The van der Waals surface area contributed by atoms with Crippen molar-refractivity contribution in [2.75, 3.05) is 13.1 Å². The van der Waals surface area contributed by atoms with Crippen molar-refractivity contribution in [3.63, 3.8) is 0 Å². The van der Waals surface area contributed by atoms with Gasteiger partial charge >= 0.3 is 0 Å². The monoisotopic (exact) mass is 237 g/mol. The third-order valence-electron chi connectivity index (χ3n) is 3.36. The smallest absolute Gasteiger partial charge is 0.276 e. The first kappa shape index (κ1) is 12.0. The molecule has 0 saturated carbocycles. The fraction of sp³-hybridized carbons (Fsp3) is 0.727. The predicted octanol–water partition coefficient (Wildman–Crippen LogP) is 0.407. The number of H-pyrrole nitrogens is 1. The van der Waals surface area contributed by atoms with Gasteiger partial charge in [-0.3, -0.25) is 4.79 Å². The molecule has 1 aliphatic rings. The lowest BCUT2D eigenvalue weighted by atomic mass is 10.0. The molecule has 0 spiro atoms. The number of nitrogens with zero attached hydrogens (tertiary/aromatic N) is 3. The number of amides is 1. The van der Waals surface area contributed by atoms with Gasteiger partial charge < -0.3 is 10.2 Å². The molecule has 6 nitrogen and oxygen atoms in total. The Kier molecular flexibility index (Phi) is 3.73. The van der Waals surface area contributed by atoms with Gasteiger partial charge in [-0.2, -0.15) is 15.4 Å². The normalized spacial score (nSPS) is 24.9. The number of carbonyl (C=O) groups is 1. The van der Waals surface area contributed by atoms with Gasteiger partial charge in [-0.1, -0.05) is 13.8 Å². The van der Waals surface area contributed by atoms with E-state index in [1.54, 1.807) is 0 Å². The second kappa shape index (κ2) is 5.27. The summed E-state index contributed by atoms with van der Waals surface area (Å²) in [6.45, 7) is 5.84. The van der Waals surface area contributed by atoms with Gasteiger partial charge in [0.1, 0.15) is 0 Å². The van der Waals surface area contributed by atoms with Crippen LogP contribution in [0.1, 0.15) is 37.2 Å². The summed E-state index contributed by atoms with van der Waals surface area (Å²) in [5, 5.41) is 13.5. The molecular weight excluding hydrogens is 218 g/mol. The summed E-state index contributed by atoms with van der Waals surface area (Å²) in [4.78, 5) is 14.2. The SMILES string of the molecule is CCC1CN(C(=O)c2cn[nH]n2)C(CC)CN1. The number of hydrogen-bond donors (Lipinski definition) is 2. The Morgan fingerprint density at radius 3 is 2.94 bits per heavy atom. The van der Waals surface area contributed by atoms with Crippen molar-refractivity contribution in [3.8, 4) is 0 Å². The zero-order chi connectivity index (χ0) is 12.3. The van der Waals surface area contributed by atoms with Crippen LogP contribution in [0.4, 0.5) is 0 Å². The van der Waals surface area contributed by atoms with Crippen LogP contribution in [0.5, 0.6) is 0 Å². The number of piperazine rings is 1. The van der Waals surface area contributed by atoms with Crippen molar-refractivity contribution in [2.45, 2.75) is 38.8 Å². The summed E-state index contributed by atoms with van der Waals surface area (Å²) in [6, 6.07) is 0.635. The molecule has 2 unspecified atom stereocenters. The third kappa shape index (κ3) is 2.46. The largest absolute Gasteiger partial charge is 0.331 e. The van der Waals surface area contributed by atoms with E-state index in [4.69, 9.17) is 0 Å². The van der Waals surface area contributed by atoms with Crippen molar-refractivity contribution >= 4 is 5.91 Å². The maximum Gasteiger partial charge on any atom is 0.276 e. The minimum atomic E-state index is -0.0226. The maximum absolute atomic E-state index is 12.3. The highest BCUT2D eigenvalue weighted by Gasteiger charge is 2.30. The Balaban J connectivity index is 2.12. The van der Waals surface area contributed by atoms with Crippen LogP contribution in [0.15, 0.2) is 6.20 Å². The van der Waals surface area contributed by atoms with Gasteiger partial charge in [-0.15, -0.1) is 0 Å². The Bertz CT molecular complexity index is 364. The standard InChI is InChI=1S/C11H19N5O/c1-3-8-7-16(9(4-2)5-12-8)11(17)10-6-13-15-14-10/h6,8-9,12H,3-5,7H2,1-2H3,(H,13,14,15). The van der Waals surface area contributed by atoms with Gasteiger partial charge in [0.15, 0.2) is 5.69 Å². The molecule has 2 heterocycles. The zero-order valence-electron chi connectivity index (χ0n) is 10.3. The first-order valence-electron chi connectivity index (χ1n) is 6.16. The van der Waals surface area contributed by atoms with E-state index in [2.05, 4.69) is 34.6 Å². The van der Waals surface area contributed by atoms with Crippen LogP contribution < -0.4 is 5.32 Å². The van der Waals surface area contributed by atoms with Crippen molar-refractivity contribution < 1.29 is 4.79 Å². The number of aromatic nitrogens is 3. The van der Waals surface area contributed by atoms with Crippen molar-refractivity contribution in [1.82, 2.24) is 25.6 Å². The van der Waals surface area contributed by atoms with Gasteiger partial charge in [0.25, 0.3) is 5.91 Å². The highest BCUT2D eigenvalue weighted by molar-refractivity contribution is 5.92. The fourth-order valence-corrected chi connectivity index (χ4v) is 2.20. The van der Waals surface area contributed by atoms with Crippen molar-refractivity contribution in [1.29, 1.82) is 0 Å². The minimum absolute atomic E-state index is 0.0226. The number of hydrogen-bond acceptors (Lipinski definition) is 4. The third-order valence-corrected chi connectivity index (χ3v) is 3.36. The first-order chi connectivity index (χ1) is 8.26. The van der Waals surface area contributed by atoms with E-state index < -0.39 is 0 Å². The van der Waals surface area contributed by atoms with Gasteiger partial charge in [0, 0.05) is 25.2 Å². The number of carbonyl (C=O) groups excluding carboxylic acids is 1. The molecule has 1 aromatic rings. The van der Waals surface area contributed by atoms with Crippen LogP contribution in [0.3, 0.4) is 0 Å². The predicted molar refractivity (Wildman–Crippen MR) is 63.6 cm³/mol. The van der Waals surface area contributed by atoms with Crippen LogP contribution in [0.2, 0.25) is 0 Å². The highest BCUT2D eigenvalue weighted by atomic mass is 16.2. The molecule has 94 valence electrons. The van der Waals surface area contributed by atoms with E-state index in [1.165, 1.54) is 6.20 Å². The average molecular weight is 237 g/mol. The van der Waals surface area contributed by atoms with Crippen LogP contribution in [0.25, 0.3) is 0 Å². The Hall–Kier alpha value is -1.43. The minimum Gasteiger partial charge on any atom is -0.331 e. The molecule has 1 aromatic heterocycles. The summed E-state index contributed by atoms with van der Waals surface area (Å²) in [5.41, 5.74) is 0.403. The molecule has 1 aliphatic heterocycles. The molecule has 2 rings (SSSR count). The summed E-state index contributed by atoms with van der Waals surface area (Å²) < 4.78 is 0. The lowest BCUT2D eigenvalue weighted by molar-refractivity contribution is 0.0570. The van der Waals surface area contributed by atoms with E-state index in [-0.39, 0.29) is 11.9 Å². The maximum atomic E-state index is 12.3. The lowest BCUT2D eigenvalue weighted by Crippen LogP contribution is -2.57. The lowest BCUT2D eigenvalue weighted by Gasteiger charge is -2.39. The number of nitrogens with one attached hydrogen (secondary N) is 2. The van der Waals surface area contributed by atoms with Crippen LogP contribution in [-0.2, 0) is 0 Å². The molecule has 17 heavy (non-hydrogen) atoms. The molecule has 1 saturated heterocycles. The second-order valence-corrected chi connectivity index (χ2v) is 4.39. The van der Waals surface area contributed by atoms with E-state index >= 15 is 0 Å². The summed E-state index contributed by atoms with van der Waals surface area (Å²) >= 11 is 0. The first-order valence-corrected chi connectivity index (χ1v) is 6.16. The van der Waals surface area contributed by atoms with Crippen LogP contribution in [-0.4, -0.2) is 51.4 Å². The number of rotatable bonds is 3. The van der Waals surface area contributed by atoms with Gasteiger partial charge in [0.05, 0.1) is 6.20 Å². The second-order valence-electron chi connectivity index (χ2n) is 4.39. The van der Waals surface area contributed by atoms with E-state index in [9.17, 15) is 4.79 Å². The van der Waals surface area contributed by atoms with Crippen LogP contribution >= 0.6 is 0 Å². The van der Waals surface area contributed by atoms with Crippen LogP contribution in [0, 0.1) is 0 Å². The van der Waals surface area contributed by atoms with E-state index in [0.29, 0.717) is 11.7 Å². The molecule has 2 atom stereocenters. The molecule has 0 aromatic carbocycles. The molecule has 6 heteroatoms. The molecule has 0 radical (unpaired) electrons. The average Bonchev–Trinajstić information content (AvgIpc) is 2.91. The Labute approximate surface area is 101 Å². The number of aromatic amines is 1. The van der Waals surface area contributed by atoms with Gasteiger partial charge in [-0.25, -0.2) is 0 Å². The van der Waals surface area contributed by atoms with Gasteiger partial charge in [-0.05, 0) is 12.8 Å². The van der Waals surface area contributed by atoms with Crippen molar-refractivity contribution in [2.24, 2.45) is 0 Å². The van der Waals surface area contributed by atoms with Gasteiger partial charge in [0.2, 0.25) is 0 Å². The molecule has 0 bridgehead atoms. The molecule has 0 aliphatic carbocycles. The van der Waals surface area contributed by atoms with E-state index in [1.807, 2.05) is 4.90 Å². The summed E-state index contributed by atoms with van der Waals surface area (Å²) in [5.74, 6) is -0.0226. The van der Waals surface area contributed by atoms with Crippen molar-refractivity contribution in [3.05, 3.63) is 11.9 Å². The zero-order valence-corrected chi connectivity index (χ0v) is 10.3. The Morgan fingerprint density at radius 2 is 2.35 bits per heavy atom. The quantitative estimate of drug-likeness (QED) is 0.798. The molecule has 1 fully saturated rings. The molecular formula is C11H19N5O. The summed E-state index contributed by atoms with van der Waals surface area (Å²) in [6.07, 6.45) is 3.46. The molecule has 1 amide bonds.